The summed E-state index contributed by atoms with van der Waals surface area (Å²) in [7, 11) is 1.87. The highest BCUT2D eigenvalue weighted by Crippen LogP contribution is 2.00. The molecule has 0 aliphatic rings. The Morgan fingerprint density at radius 1 is 1.46 bits per heavy atom. The van der Waals surface area contributed by atoms with E-state index in [4.69, 9.17) is 0 Å². The first-order valence-corrected chi connectivity index (χ1v) is 4.27. The number of hydrogen-bond acceptors (Lipinski definition) is 4. The molecule has 0 radical (unpaired) electrons. The minimum atomic E-state index is 0.107. The highest BCUT2D eigenvalue weighted by molar-refractivity contribution is 5.95. The van der Waals surface area contributed by atoms with Gasteiger partial charge in [-0.25, -0.2) is 9.97 Å². The highest BCUT2D eigenvalue weighted by atomic mass is 16.1. The molecule has 4 heteroatoms. The zero-order valence-corrected chi connectivity index (χ0v) is 7.66. The van der Waals surface area contributed by atoms with Gasteiger partial charge < -0.3 is 5.32 Å². The molecular weight excluding hydrogens is 166 g/mol. The minimum Gasteiger partial charge on any atom is -0.320 e. The lowest BCUT2D eigenvalue weighted by Crippen LogP contribution is -2.10. The third-order valence-electron chi connectivity index (χ3n) is 1.71. The predicted molar refractivity (Wildman–Crippen MR) is 49.5 cm³/mol. The number of carbonyl (C=O) groups excluding carboxylic acids is 1. The molecule has 0 bridgehead atoms. The van der Waals surface area contributed by atoms with Crippen molar-refractivity contribution in [1.82, 2.24) is 15.3 Å². The number of nitrogens with zero attached hydrogens (tertiary/aromatic N) is 2. The molecule has 0 amide bonds. The lowest BCUT2D eigenvalue weighted by atomic mass is 10.1. The van der Waals surface area contributed by atoms with Crippen molar-refractivity contribution in [3.05, 3.63) is 24.3 Å². The standard InChI is InChI=1S/C9H13N3O/c1-10-4-2-3-9(13)8-5-11-7-12-6-8/h5-7,10H,2-4H2,1H3. The summed E-state index contributed by atoms with van der Waals surface area (Å²) in [6.45, 7) is 0.861. The van der Waals surface area contributed by atoms with Crippen LogP contribution in [-0.4, -0.2) is 29.3 Å². The maximum Gasteiger partial charge on any atom is 0.166 e. The first kappa shape index (κ1) is 9.80. The number of nitrogens with one attached hydrogen (secondary N) is 1. The Labute approximate surface area is 77.4 Å². The van der Waals surface area contributed by atoms with Crippen LogP contribution in [0.5, 0.6) is 0 Å². The van der Waals surface area contributed by atoms with E-state index in [0.717, 1.165) is 13.0 Å². The molecule has 13 heavy (non-hydrogen) atoms. The van der Waals surface area contributed by atoms with Crippen LogP contribution in [0.3, 0.4) is 0 Å². The topological polar surface area (TPSA) is 54.9 Å². The van der Waals surface area contributed by atoms with Crippen molar-refractivity contribution in [2.24, 2.45) is 0 Å². The molecule has 0 spiro atoms. The second-order valence-corrected chi connectivity index (χ2v) is 2.76. The van der Waals surface area contributed by atoms with Gasteiger partial charge in [0.2, 0.25) is 0 Å². The van der Waals surface area contributed by atoms with E-state index in [1.165, 1.54) is 6.33 Å². The molecule has 1 N–H and O–H groups in total. The van der Waals surface area contributed by atoms with Crippen molar-refractivity contribution in [2.45, 2.75) is 12.8 Å². The number of Topliss-reactive ketones (excluding diaryl/α,β-unsaturated/α-hetero) is 1. The molecule has 0 fully saturated rings. The Hall–Kier alpha value is -1.29. The van der Waals surface area contributed by atoms with Crippen LogP contribution >= 0.6 is 0 Å². The van der Waals surface area contributed by atoms with E-state index in [1.54, 1.807) is 12.4 Å². The highest BCUT2D eigenvalue weighted by Gasteiger charge is 2.04. The summed E-state index contributed by atoms with van der Waals surface area (Å²) in [5, 5.41) is 2.99. The average Bonchev–Trinajstić information content (AvgIpc) is 2.19. The molecule has 0 unspecified atom stereocenters. The molecule has 0 aromatic carbocycles. The van der Waals surface area contributed by atoms with Crippen LogP contribution in [0.15, 0.2) is 18.7 Å². The molecule has 0 saturated carbocycles. The Morgan fingerprint density at radius 2 is 2.15 bits per heavy atom. The number of carbonyl (C=O) groups is 1. The minimum absolute atomic E-state index is 0.107. The van der Waals surface area contributed by atoms with Crippen molar-refractivity contribution < 1.29 is 4.79 Å². The van der Waals surface area contributed by atoms with Gasteiger partial charge in [0.15, 0.2) is 5.78 Å². The van der Waals surface area contributed by atoms with E-state index >= 15 is 0 Å². The number of rotatable bonds is 5. The van der Waals surface area contributed by atoms with Gasteiger partial charge in [-0.2, -0.15) is 0 Å². The molecule has 0 aliphatic heterocycles. The summed E-state index contributed by atoms with van der Waals surface area (Å²) in [6, 6.07) is 0. The Bertz CT molecular complexity index is 261. The van der Waals surface area contributed by atoms with Crippen LogP contribution in [-0.2, 0) is 0 Å². The van der Waals surface area contributed by atoms with Gasteiger partial charge in [0.05, 0.1) is 5.56 Å². The maximum atomic E-state index is 11.4. The van der Waals surface area contributed by atoms with Gasteiger partial charge in [0.1, 0.15) is 6.33 Å². The zero-order valence-electron chi connectivity index (χ0n) is 7.66. The second kappa shape index (κ2) is 5.37. The van der Waals surface area contributed by atoms with E-state index in [-0.39, 0.29) is 5.78 Å². The quantitative estimate of drug-likeness (QED) is 0.533. The third-order valence-corrected chi connectivity index (χ3v) is 1.71. The van der Waals surface area contributed by atoms with Gasteiger partial charge in [-0.1, -0.05) is 0 Å². The van der Waals surface area contributed by atoms with Gasteiger partial charge in [0, 0.05) is 18.8 Å². The summed E-state index contributed by atoms with van der Waals surface area (Å²) < 4.78 is 0. The van der Waals surface area contributed by atoms with Crippen molar-refractivity contribution in [1.29, 1.82) is 0 Å². The fraction of sp³-hybridized carbons (Fsp3) is 0.444. The van der Waals surface area contributed by atoms with Gasteiger partial charge in [-0.05, 0) is 20.0 Å². The molecule has 4 nitrogen and oxygen atoms in total. The predicted octanol–water partition coefficient (Wildman–Crippen LogP) is 0.659. The van der Waals surface area contributed by atoms with Crippen LogP contribution in [0, 0.1) is 0 Å². The molecule has 0 aliphatic carbocycles. The molecule has 1 rings (SSSR count). The molecular formula is C9H13N3O. The molecule has 0 atom stereocenters. The summed E-state index contributed by atoms with van der Waals surface area (Å²) in [5.74, 6) is 0.107. The van der Waals surface area contributed by atoms with Crippen LogP contribution in [0.25, 0.3) is 0 Å². The monoisotopic (exact) mass is 179 g/mol. The fourth-order valence-electron chi connectivity index (χ4n) is 1.01. The summed E-state index contributed by atoms with van der Waals surface area (Å²) in [4.78, 5) is 19.0. The van der Waals surface area contributed by atoms with Gasteiger partial charge in [-0.15, -0.1) is 0 Å². The lowest BCUT2D eigenvalue weighted by molar-refractivity contribution is 0.0979. The maximum absolute atomic E-state index is 11.4. The van der Waals surface area contributed by atoms with E-state index in [0.29, 0.717) is 12.0 Å². The molecule has 0 saturated heterocycles. The van der Waals surface area contributed by atoms with E-state index in [9.17, 15) is 4.79 Å². The third kappa shape index (κ3) is 3.29. The van der Waals surface area contributed by atoms with Crippen LogP contribution in [0.4, 0.5) is 0 Å². The number of hydrogen-bond donors (Lipinski definition) is 1. The summed E-state index contributed by atoms with van der Waals surface area (Å²) >= 11 is 0. The number of aromatic nitrogens is 2. The normalized spacial score (nSPS) is 9.92. The number of ketones is 1. The van der Waals surface area contributed by atoms with E-state index in [1.807, 2.05) is 7.05 Å². The van der Waals surface area contributed by atoms with Crippen LogP contribution in [0.2, 0.25) is 0 Å². The van der Waals surface area contributed by atoms with Gasteiger partial charge in [0.25, 0.3) is 0 Å². The lowest BCUT2D eigenvalue weighted by Gasteiger charge is -1.98. The molecule has 1 aromatic heterocycles. The Balaban J connectivity index is 2.40. The smallest absolute Gasteiger partial charge is 0.166 e. The van der Waals surface area contributed by atoms with E-state index < -0.39 is 0 Å². The largest absolute Gasteiger partial charge is 0.320 e. The van der Waals surface area contributed by atoms with Crippen molar-refractivity contribution in [3.63, 3.8) is 0 Å². The Kier molecular flexibility index (Phi) is 4.05. The summed E-state index contributed by atoms with van der Waals surface area (Å²) in [6.07, 6.45) is 5.92. The fourth-order valence-corrected chi connectivity index (χ4v) is 1.01. The molecule has 1 aromatic rings. The Morgan fingerprint density at radius 3 is 2.77 bits per heavy atom. The van der Waals surface area contributed by atoms with Crippen LogP contribution in [0.1, 0.15) is 23.2 Å². The molecule has 70 valence electrons. The summed E-state index contributed by atoms with van der Waals surface area (Å²) in [5.41, 5.74) is 0.596. The van der Waals surface area contributed by atoms with E-state index in [2.05, 4.69) is 15.3 Å². The first-order valence-electron chi connectivity index (χ1n) is 4.27. The first-order chi connectivity index (χ1) is 6.34. The zero-order chi connectivity index (χ0) is 9.52. The van der Waals surface area contributed by atoms with Crippen molar-refractivity contribution in [2.75, 3.05) is 13.6 Å². The average molecular weight is 179 g/mol. The van der Waals surface area contributed by atoms with Crippen LogP contribution < -0.4 is 5.32 Å². The van der Waals surface area contributed by atoms with Crippen molar-refractivity contribution >= 4 is 5.78 Å². The van der Waals surface area contributed by atoms with Gasteiger partial charge in [-0.3, -0.25) is 4.79 Å². The SMILES string of the molecule is CNCCCC(=O)c1cncnc1. The van der Waals surface area contributed by atoms with Gasteiger partial charge >= 0.3 is 0 Å². The van der Waals surface area contributed by atoms with Crippen molar-refractivity contribution in [3.8, 4) is 0 Å². The second-order valence-electron chi connectivity index (χ2n) is 2.76. The molecule has 1 heterocycles.